The number of thioether (sulfide) groups is 1. The highest BCUT2D eigenvalue weighted by Crippen LogP contribution is 2.35. The quantitative estimate of drug-likeness (QED) is 0.615. The molecule has 0 aromatic carbocycles. The zero-order valence-electron chi connectivity index (χ0n) is 9.29. The van der Waals surface area contributed by atoms with E-state index < -0.39 is 5.60 Å². The molecule has 0 atom stereocenters. The first-order valence-electron chi connectivity index (χ1n) is 4.52. The summed E-state index contributed by atoms with van der Waals surface area (Å²) in [5.74, 6) is 0.731. The van der Waals surface area contributed by atoms with Gasteiger partial charge in [-0.2, -0.15) is 0 Å². The van der Waals surface area contributed by atoms with Crippen LogP contribution in [0.25, 0.3) is 0 Å². The Morgan fingerprint density at radius 1 is 1.43 bits per heavy atom. The molecule has 14 heavy (non-hydrogen) atoms. The summed E-state index contributed by atoms with van der Waals surface area (Å²) >= 11 is 1.49. The predicted octanol–water partition coefficient (Wildman–Crippen LogP) is 1.97. The minimum Gasteiger partial charge on any atom is -0.404 e. The summed E-state index contributed by atoms with van der Waals surface area (Å²) in [6.07, 6.45) is 2.64. The molecule has 4 heteroatoms. The Balaban J connectivity index is 4.33. The van der Waals surface area contributed by atoms with Gasteiger partial charge in [-0.1, -0.05) is 13.8 Å². The fourth-order valence-electron chi connectivity index (χ4n) is 0.578. The standard InChI is InChI=1S/C10H20N2OS/c1-9(2,10(3,4)13)7-14-8(5-11)6-12/h5-6,11,13H,7,12H2,1-4H3/b8-6+,11-5?. The van der Waals surface area contributed by atoms with E-state index >= 15 is 0 Å². The maximum atomic E-state index is 9.88. The molecule has 3 nitrogen and oxygen atoms in total. The topological polar surface area (TPSA) is 70.1 Å². The highest BCUT2D eigenvalue weighted by molar-refractivity contribution is 8.03. The molecule has 82 valence electrons. The summed E-state index contributed by atoms with van der Waals surface area (Å²) in [5, 5.41) is 16.9. The highest BCUT2D eigenvalue weighted by Gasteiger charge is 2.34. The van der Waals surface area contributed by atoms with Crippen molar-refractivity contribution in [3.05, 3.63) is 11.1 Å². The molecular formula is C10H20N2OS. The minimum absolute atomic E-state index is 0.213. The monoisotopic (exact) mass is 216 g/mol. The van der Waals surface area contributed by atoms with E-state index in [1.807, 2.05) is 13.8 Å². The largest absolute Gasteiger partial charge is 0.404 e. The molecule has 0 aromatic heterocycles. The molecule has 0 fully saturated rings. The third kappa shape index (κ3) is 3.72. The molecular weight excluding hydrogens is 196 g/mol. The number of allylic oxidation sites excluding steroid dienone is 1. The number of hydrogen-bond acceptors (Lipinski definition) is 4. The maximum absolute atomic E-state index is 9.88. The number of nitrogens with two attached hydrogens (primary N) is 1. The van der Waals surface area contributed by atoms with E-state index in [-0.39, 0.29) is 5.41 Å². The second-order valence-electron chi connectivity index (χ2n) is 4.44. The first-order valence-corrected chi connectivity index (χ1v) is 5.50. The Morgan fingerprint density at radius 3 is 2.21 bits per heavy atom. The normalized spacial score (nSPS) is 14.2. The van der Waals surface area contributed by atoms with Crippen LogP contribution in [-0.4, -0.2) is 22.7 Å². The van der Waals surface area contributed by atoms with Crippen LogP contribution in [-0.2, 0) is 0 Å². The summed E-state index contributed by atoms with van der Waals surface area (Å²) in [5.41, 5.74) is 4.38. The lowest BCUT2D eigenvalue weighted by Gasteiger charge is -2.37. The lowest BCUT2D eigenvalue weighted by atomic mass is 9.79. The Bertz CT molecular complexity index is 229. The van der Waals surface area contributed by atoms with E-state index in [1.165, 1.54) is 24.2 Å². The molecule has 0 aliphatic rings. The average molecular weight is 216 g/mol. The average Bonchev–Trinajstić information content (AvgIpc) is 2.04. The van der Waals surface area contributed by atoms with Gasteiger partial charge in [0.1, 0.15) is 0 Å². The van der Waals surface area contributed by atoms with Gasteiger partial charge in [-0.25, -0.2) is 0 Å². The van der Waals surface area contributed by atoms with Gasteiger partial charge in [0, 0.05) is 28.5 Å². The van der Waals surface area contributed by atoms with Crippen molar-refractivity contribution < 1.29 is 5.11 Å². The molecule has 0 aliphatic heterocycles. The molecule has 0 aliphatic carbocycles. The van der Waals surface area contributed by atoms with Crippen LogP contribution in [0.15, 0.2) is 11.1 Å². The molecule has 0 radical (unpaired) electrons. The van der Waals surface area contributed by atoms with E-state index in [9.17, 15) is 5.11 Å². The second-order valence-corrected chi connectivity index (χ2v) is 5.49. The lowest BCUT2D eigenvalue weighted by molar-refractivity contribution is -0.0209. The first kappa shape index (κ1) is 13.5. The van der Waals surface area contributed by atoms with Crippen molar-refractivity contribution in [2.24, 2.45) is 11.1 Å². The Morgan fingerprint density at radius 2 is 1.93 bits per heavy atom. The van der Waals surface area contributed by atoms with E-state index in [0.717, 1.165) is 10.7 Å². The molecule has 0 amide bonds. The van der Waals surface area contributed by atoms with Gasteiger partial charge in [0.05, 0.1) is 5.60 Å². The van der Waals surface area contributed by atoms with Crippen molar-refractivity contribution in [1.29, 1.82) is 5.41 Å². The van der Waals surface area contributed by atoms with Crippen LogP contribution >= 0.6 is 11.8 Å². The SMILES string of the molecule is CC(C)(O)C(C)(C)CS/C(C=N)=C/N. The number of nitrogens with one attached hydrogen (secondary N) is 1. The number of hydrogen-bond donors (Lipinski definition) is 3. The van der Waals surface area contributed by atoms with E-state index in [1.54, 1.807) is 13.8 Å². The Labute approximate surface area is 90.3 Å². The van der Waals surface area contributed by atoms with Crippen LogP contribution in [0.5, 0.6) is 0 Å². The van der Waals surface area contributed by atoms with Crippen LogP contribution < -0.4 is 5.73 Å². The van der Waals surface area contributed by atoms with Crippen LogP contribution in [0, 0.1) is 10.8 Å². The molecule has 0 rings (SSSR count). The molecule has 0 saturated carbocycles. The van der Waals surface area contributed by atoms with Crippen molar-refractivity contribution in [3.63, 3.8) is 0 Å². The third-order valence-corrected chi connectivity index (χ3v) is 4.02. The van der Waals surface area contributed by atoms with E-state index in [2.05, 4.69) is 0 Å². The maximum Gasteiger partial charge on any atom is 0.0650 e. The molecule has 4 N–H and O–H groups in total. The zero-order chi connectivity index (χ0) is 11.4. The van der Waals surface area contributed by atoms with E-state index in [0.29, 0.717) is 0 Å². The Hall–Kier alpha value is -0.480. The number of aliphatic hydroxyl groups is 1. The van der Waals surface area contributed by atoms with Gasteiger partial charge in [-0.3, -0.25) is 0 Å². The molecule has 0 aromatic rings. The van der Waals surface area contributed by atoms with Crippen molar-refractivity contribution >= 4 is 18.0 Å². The molecule has 0 unspecified atom stereocenters. The Kier molecular flexibility index (Phi) is 4.68. The first-order chi connectivity index (χ1) is 6.24. The smallest absolute Gasteiger partial charge is 0.0650 e. The van der Waals surface area contributed by atoms with Gasteiger partial charge in [-0.05, 0) is 13.8 Å². The predicted molar refractivity (Wildman–Crippen MR) is 63.6 cm³/mol. The molecule has 0 heterocycles. The summed E-state index contributed by atoms with van der Waals surface area (Å²) in [4.78, 5) is 0.724. The highest BCUT2D eigenvalue weighted by atomic mass is 32.2. The van der Waals surface area contributed by atoms with Crippen LogP contribution in [0.4, 0.5) is 0 Å². The molecule has 0 spiro atoms. The lowest BCUT2D eigenvalue weighted by Crippen LogP contribution is -2.40. The fraction of sp³-hybridized carbons (Fsp3) is 0.700. The molecule has 0 saturated heterocycles. The zero-order valence-corrected chi connectivity index (χ0v) is 10.1. The van der Waals surface area contributed by atoms with Crippen LogP contribution in [0.2, 0.25) is 0 Å². The summed E-state index contributed by atoms with van der Waals surface area (Å²) < 4.78 is 0. The van der Waals surface area contributed by atoms with Crippen molar-refractivity contribution in [2.75, 3.05) is 5.75 Å². The van der Waals surface area contributed by atoms with Crippen LogP contribution in [0.1, 0.15) is 27.7 Å². The van der Waals surface area contributed by atoms with Crippen molar-refractivity contribution in [2.45, 2.75) is 33.3 Å². The van der Waals surface area contributed by atoms with Gasteiger partial charge in [-0.15, -0.1) is 11.8 Å². The van der Waals surface area contributed by atoms with Gasteiger partial charge in [0.15, 0.2) is 0 Å². The van der Waals surface area contributed by atoms with Crippen LogP contribution in [0.3, 0.4) is 0 Å². The second kappa shape index (κ2) is 4.84. The number of rotatable bonds is 5. The third-order valence-electron chi connectivity index (χ3n) is 2.56. The van der Waals surface area contributed by atoms with Gasteiger partial charge >= 0.3 is 0 Å². The fourth-order valence-corrected chi connectivity index (χ4v) is 1.64. The van der Waals surface area contributed by atoms with E-state index in [4.69, 9.17) is 11.1 Å². The van der Waals surface area contributed by atoms with Gasteiger partial charge < -0.3 is 16.2 Å². The minimum atomic E-state index is -0.734. The van der Waals surface area contributed by atoms with Crippen molar-refractivity contribution in [3.8, 4) is 0 Å². The molecule has 0 bridgehead atoms. The van der Waals surface area contributed by atoms with Gasteiger partial charge in [0.2, 0.25) is 0 Å². The van der Waals surface area contributed by atoms with Crippen molar-refractivity contribution in [1.82, 2.24) is 0 Å². The summed E-state index contributed by atoms with van der Waals surface area (Å²) in [6.45, 7) is 7.59. The summed E-state index contributed by atoms with van der Waals surface area (Å²) in [6, 6.07) is 0. The summed E-state index contributed by atoms with van der Waals surface area (Å²) in [7, 11) is 0. The van der Waals surface area contributed by atoms with Gasteiger partial charge in [0.25, 0.3) is 0 Å².